The lowest BCUT2D eigenvalue weighted by Crippen LogP contribution is -2.24. The van der Waals surface area contributed by atoms with Crippen LogP contribution in [0.2, 0.25) is 0 Å². The van der Waals surface area contributed by atoms with Gasteiger partial charge in [-0.15, -0.1) is 0 Å². The number of unbranched alkanes of at least 4 members (excludes halogenated alkanes) is 10. The minimum absolute atomic E-state index is 0.0607. The predicted octanol–water partition coefficient (Wildman–Crippen LogP) is 6.32. The van der Waals surface area contributed by atoms with Crippen molar-refractivity contribution < 1.29 is 28.2 Å². The van der Waals surface area contributed by atoms with Crippen LogP contribution in [-0.4, -0.2) is 50.4 Å². The molecule has 0 spiro atoms. The standard InChI is InChI=1S/C27H48NO6P/c1-4-5-6-7-8-9-10-11-12-13-14-19-31-26-17-15-16-25(21-26)22-27(34-24(2)29)23-33-35(30)32-20-18-28-3/h15-17,21,27-28,30H,4-14,18-20,22-23H2,1-3H3. The number of likely N-dealkylation sites (N-methyl/N-ethyl adjacent to an activating group) is 1. The van der Waals surface area contributed by atoms with Gasteiger partial charge in [-0.25, -0.2) is 0 Å². The van der Waals surface area contributed by atoms with Crippen LogP contribution >= 0.6 is 8.60 Å². The first-order valence-electron chi connectivity index (χ1n) is 13.3. The number of esters is 1. The van der Waals surface area contributed by atoms with E-state index in [0.29, 0.717) is 26.2 Å². The number of rotatable bonds is 23. The van der Waals surface area contributed by atoms with Crippen LogP contribution in [0.25, 0.3) is 0 Å². The third-order valence-corrected chi connectivity index (χ3v) is 6.41. The second kappa shape index (κ2) is 22.0. The minimum Gasteiger partial charge on any atom is -0.494 e. The van der Waals surface area contributed by atoms with Gasteiger partial charge in [0.05, 0.1) is 19.8 Å². The van der Waals surface area contributed by atoms with Crippen LogP contribution in [0.4, 0.5) is 0 Å². The molecule has 8 heteroatoms. The fraction of sp³-hybridized carbons (Fsp3) is 0.741. The zero-order valence-electron chi connectivity index (χ0n) is 22.1. The molecule has 0 heterocycles. The van der Waals surface area contributed by atoms with Crippen molar-refractivity contribution in [1.29, 1.82) is 0 Å². The van der Waals surface area contributed by atoms with Crippen LogP contribution in [0.3, 0.4) is 0 Å². The summed E-state index contributed by atoms with van der Waals surface area (Å²) in [5.41, 5.74) is 0.981. The zero-order valence-corrected chi connectivity index (χ0v) is 23.0. The van der Waals surface area contributed by atoms with E-state index in [2.05, 4.69) is 12.2 Å². The highest BCUT2D eigenvalue weighted by molar-refractivity contribution is 7.40. The predicted molar refractivity (Wildman–Crippen MR) is 143 cm³/mol. The van der Waals surface area contributed by atoms with Gasteiger partial charge < -0.3 is 28.7 Å². The fourth-order valence-electron chi connectivity index (χ4n) is 3.76. The average Bonchev–Trinajstić information content (AvgIpc) is 2.83. The first-order valence-corrected chi connectivity index (χ1v) is 14.5. The molecule has 1 rings (SSSR count). The molecule has 0 aliphatic carbocycles. The highest BCUT2D eigenvalue weighted by Gasteiger charge is 2.17. The van der Waals surface area contributed by atoms with Gasteiger partial charge in [-0.05, 0) is 31.2 Å². The highest BCUT2D eigenvalue weighted by Crippen LogP contribution is 2.33. The largest absolute Gasteiger partial charge is 0.494 e. The van der Waals surface area contributed by atoms with E-state index in [1.807, 2.05) is 24.3 Å². The topological polar surface area (TPSA) is 86.2 Å². The van der Waals surface area contributed by atoms with E-state index in [4.69, 9.17) is 18.5 Å². The van der Waals surface area contributed by atoms with Gasteiger partial charge in [0.15, 0.2) is 0 Å². The molecule has 1 aromatic rings. The Morgan fingerprint density at radius 2 is 1.63 bits per heavy atom. The van der Waals surface area contributed by atoms with Gasteiger partial charge in [-0.3, -0.25) is 4.79 Å². The van der Waals surface area contributed by atoms with Crippen molar-refractivity contribution in [3.05, 3.63) is 29.8 Å². The summed E-state index contributed by atoms with van der Waals surface area (Å²) >= 11 is 0. The van der Waals surface area contributed by atoms with Crippen LogP contribution < -0.4 is 10.1 Å². The Balaban J connectivity index is 2.27. The molecule has 1 aromatic carbocycles. The molecule has 2 atom stereocenters. The third kappa shape index (κ3) is 18.7. The first kappa shape index (κ1) is 31.8. The van der Waals surface area contributed by atoms with Gasteiger partial charge in [0, 0.05) is 19.9 Å². The maximum atomic E-state index is 11.5. The molecular formula is C27H48NO6P. The molecule has 0 fully saturated rings. The van der Waals surface area contributed by atoms with Crippen LogP contribution in [0.1, 0.15) is 90.0 Å². The van der Waals surface area contributed by atoms with Crippen LogP contribution in [0, 0.1) is 0 Å². The summed E-state index contributed by atoms with van der Waals surface area (Å²) in [6.45, 7) is 5.35. The Morgan fingerprint density at radius 1 is 0.971 bits per heavy atom. The molecule has 35 heavy (non-hydrogen) atoms. The number of benzene rings is 1. The number of nitrogens with one attached hydrogen (secondary N) is 1. The molecule has 0 aliphatic rings. The second-order valence-electron chi connectivity index (χ2n) is 8.94. The molecule has 7 nitrogen and oxygen atoms in total. The van der Waals surface area contributed by atoms with Crippen molar-refractivity contribution in [3.8, 4) is 5.75 Å². The Kier molecular flexibility index (Phi) is 20.0. The molecule has 0 saturated heterocycles. The van der Waals surface area contributed by atoms with E-state index in [-0.39, 0.29) is 12.6 Å². The molecule has 202 valence electrons. The summed E-state index contributed by atoms with van der Waals surface area (Å²) in [4.78, 5) is 21.3. The summed E-state index contributed by atoms with van der Waals surface area (Å²) in [6, 6.07) is 7.83. The summed E-state index contributed by atoms with van der Waals surface area (Å²) < 4.78 is 21.9. The molecule has 0 saturated carbocycles. The maximum Gasteiger partial charge on any atom is 0.330 e. The lowest BCUT2D eigenvalue weighted by Gasteiger charge is -2.19. The number of hydrogen-bond donors (Lipinski definition) is 2. The molecule has 0 aromatic heterocycles. The average molecular weight is 514 g/mol. The van der Waals surface area contributed by atoms with E-state index in [9.17, 15) is 9.69 Å². The quantitative estimate of drug-likeness (QED) is 0.101. The summed E-state index contributed by atoms with van der Waals surface area (Å²) in [5.74, 6) is 0.428. The first-order chi connectivity index (χ1) is 17.0. The normalized spacial score (nSPS) is 12.9. The third-order valence-electron chi connectivity index (χ3n) is 5.64. The van der Waals surface area contributed by atoms with Crippen molar-refractivity contribution in [3.63, 3.8) is 0 Å². The molecule has 0 aliphatic heterocycles. The molecular weight excluding hydrogens is 465 g/mol. The van der Waals surface area contributed by atoms with Crippen molar-refractivity contribution in [2.45, 2.75) is 97.0 Å². The monoisotopic (exact) mass is 513 g/mol. The van der Waals surface area contributed by atoms with Crippen molar-refractivity contribution >= 4 is 14.6 Å². The number of carbonyl (C=O) groups excluding carboxylic acids is 1. The van der Waals surface area contributed by atoms with Gasteiger partial charge in [0.25, 0.3) is 0 Å². The highest BCUT2D eigenvalue weighted by atomic mass is 31.2. The number of hydrogen-bond acceptors (Lipinski definition) is 7. The van der Waals surface area contributed by atoms with Crippen molar-refractivity contribution in [2.75, 3.05) is 33.4 Å². The van der Waals surface area contributed by atoms with E-state index >= 15 is 0 Å². The molecule has 2 unspecified atom stereocenters. The summed E-state index contributed by atoms with van der Waals surface area (Å²) in [5, 5.41) is 2.93. The molecule has 0 amide bonds. The lowest BCUT2D eigenvalue weighted by molar-refractivity contribution is -0.147. The van der Waals surface area contributed by atoms with E-state index in [1.54, 1.807) is 7.05 Å². The smallest absolute Gasteiger partial charge is 0.330 e. The van der Waals surface area contributed by atoms with Gasteiger partial charge in [-0.1, -0.05) is 83.3 Å². The zero-order chi connectivity index (χ0) is 25.6. The van der Waals surface area contributed by atoms with Gasteiger partial charge in [0.2, 0.25) is 0 Å². The Morgan fingerprint density at radius 3 is 2.26 bits per heavy atom. The number of ether oxygens (including phenoxy) is 2. The maximum absolute atomic E-state index is 11.5. The fourth-order valence-corrected chi connectivity index (χ4v) is 4.38. The Hall–Kier alpha value is -1.24. The SMILES string of the molecule is CCCCCCCCCCCCCOc1cccc(CC(COP(O)OCCNC)OC(C)=O)c1. The molecule has 0 bridgehead atoms. The lowest BCUT2D eigenvalue weighted by atomic mass is 10.1. The summed E-state index contributed by atoms with van der Waals surface area (Å²) in [7, 11) is -0.205. The van der Waals surface area contributed by atoms with Gasteiger partial charge in [-0.2, -0.15) is 0 Å². The van der Waals surface area contributed by atoms with Gasteiger partial charge in [0.1, 0.15) is 11.9 Å². The van der Waals surface area contributed by atoms with Crippen LogP contribution in [-0.2, 0) is 25.0 Å². The summed E-state index contributed by atoms with van der Waals surface area (Å²) in [6.07, 6.45) is 14.4. The Bertz CT molecular complexity index is 648. The number of carbonyl (C=O) groups is 1. The van der Waals surface area contributed by atoms with E-state index < -0.39 is 14.7 Å². The van der Waals surface area contributed by atoms with Crippen molar-refractivity contribution in [2.24, 2.45) is 0 Å². The minimum atomic E-state index is -2.01. The van der Waals surface area contributed by atoms with Crippen molar-refractivity contribution in [1.82, 2.24) is 5.32 Å². The van der Waals surface area contributed by atoms with Crippen LogP contribution in [0.5, 0.6) is 5.75 Å². The van der Waals surface area contributed by atoms with Crippen LogP contribution in [0.15, 0.2) is 24.3 Å². The van der Waals surface area contributed by atoms with E-state index in [0.717, 1.165) is 17.7 Å². The molecule has 0 radical (unpaired) electrons. The Labute approximate surface area is 214 Å². The van der Waals surface area contributed by atoms with Gasteiger partial charge >= 0.3 is 14.6 Å². The van der Waals surface area contributed by atoms with E-state index in [1.165, 1.54) is 71.1 Å². The second-order valence-corrected chi connectivity index (χ2v) is 9.93. The molecule has 2 N–H and O–H groups in total.